The molecule has 2 heterocycles. The first-order chi connectivity index (χ1) is 24.1. The van der Waals surface area contributed by atoms with Gasteiger partial charge < -0.3 is 29.5 Å². The summed E-state index contributed by atoms with van der Waals surface area (Å²) in [4.78, 5) is 24.3. The van der Waals surface area contributed by atoms with Crippen LogP contribution in [0.2, 0.25) is 0 Å². The molecule has 0 atom stereocenters. The summed E-state index contributed by atoms with van der Waals surface area (Å²) >= 11 is 0.723. The number of aromatic hydroxyl groups is 1. The third-order valence-electron chi connectivity index (χ3n) is 6.39. The largest absolute Gasteiger partial charge is 1.00 e. The third kappa shape index (κ3) is 15.5. The Morgan fingerprint density at radius 1 is 0.873 bits per heavy atom. The molecule has 1 aliphatic rings. The quantitative estimate of drug-likeness (QED) is 0.0204. The maximum atomic E-state index is 13.4. The number of aromatic nitrogens is 2. The van der Waals surface area contributed by atoms with E-state index in [4.69, 9.17) is 4.74 Å². The van der Waals surface area contributed by atoms with E-state index < -0.39 is 59.0 Å². The van der Waals surface area contributed by atoms with Crippen LogP contribution in [0.1, 0.15) is 23.0 Å². The standard InChI is InChI=1S/C27H24N4O16S4.4K/c1-15(32)25-19(27(34)31(29-25)22-13-17(49-47-45-36)9-11-24(22)51(40,41)42)7-5-3-4-6-18-20(14-43-2)28-30(26(18)33)21-12-16(48-46-44-35)8-10-23(21)50(37,38)39;;;;/h3-13,34-36H,14H2,1-2H3,(H,37,38,39)(H,40,41,42);;;;/q;4*+1/p-4/b4-3+,7-5+,18-6+;;;;. The molecule has 2 aromatic carbocycles. The van der Waals surface area contributed by atoms with Crippen LogP contribution < -0.4 is 221 Å². The van der Waals surface area contributed by atoms with Gasteiger partial charge in [-0.3, -0.25) is 19.7 Å². The van der Waals surface area contributed by atoms with Crippen molar-refractivity contribution in [2.45, 2.75) is 26.5 Å². The topological polar surface area (TPSA) is 294 Å². The molecule has 272 valence electrons. The van der Waals surface area contributed by atoms with Gasteiger partial charge in [-0.25, -0.2) is 16.8 Å². The van der Waals surface area contributed by atoms with Crippen LogP contribution >= 0.6 is 24.1 Å². The van der Waals surface area contributed by atoms with Crippen LogP contribution in [0.15, 0.2) is 91.0 Å². The Balaban J connectivity index is 0.00000729. The maximum absolute atomic E-state index is 13.4. The second kappa shape index (κ2) is 26.7. The number of methoxy groups -OCH3 is 1. The molecule has 28 heteroatoms. The summed E-state index contributed by atoms with van der Waals surface area (Å²) in [5, 5.41) is 46.7. The van der Waals surface area contributed by atoms with Crippen molar-refractivity contribution < 1.29 is 280 Å². The van der Waals surface area contributed by atoms with E-state index in [1.165, 1.54) is 37.5 Å². The van der Waals surface area contributed by atoms with Crippen LogP contribution in [0, 0.1) is 0 Å². The zero-order chi connectivity index (χ0) is 37.5. The molecule has 4 rings (SSSR count). The number of Topliss-reactive ketones (excluding diaryl/α,β-unsaturated/α-hetero) is 1. The number of amides is 1. The van der Waals surface area contributed by atoms with E-state index in [0.717, 1.165) is 43.3 Å². The summed E-state index contributed by atoms with van der Waals surface area (Å²) in [7, 11) is -8.97. The minimum Gasteiger partial charge on any atom is -0.744 e. The molecule has 1 aliphatic heterocycles. The van der Waals surface area contributed by atoms with E-state index in [-0.39, 0.29) is 244 Å². The zero-order valence-electron chi connectivity index (χ0n) is 29.6. The molecule has 0 saturated heterocycles. The Bertz CT molecular complexity index is 2200. The second-order valence-corrected chi connectivity index (χ2v) is 13.8. The number of rotatable bonds is 16. The van der Waals surface area contributed by atoms with Crippen molar-refractivity contribution >= 4 is 73.5 Å². The Kier molecular flexibility index (Phi) is 27.8. The number of carbonyl (C=O) groups excluding carboxylic acids is 2. The number of ketones is 1. The van der Waals surface area contributed by atoms with Gasteiger partial charge >= 0.3 is 206 Å². The number of nitrogens with zero attached hydrogens (tertiary/aromatic N) is 4. The van der Waals surface area contributed by atoms with Crippen molar-refractivity contribution in [1.29, 1.82) is 0 Å². The minimum absolute atomic E-state index is 0. The van der Waals surface area contributed by atoms with Crippen LogP contribution in [-0.4, -0.2) is 71.9 Å². The van der Waals surface area contributed by atoms with E-state index in [1.54, 1.807) is 0 Å². The molecule has 0 aliphatic carbocycles. The molecule has 1 aromatic heterocycles. The molecule has 1 amide bonds. The maximum Gasteiger partial charge on any atom is 1.00 e. The van der Waals surface area contributed by atoms with Crippen molar-refractivity contribution in [3.8, 4) is 11.6 Å². The fraction of sp³-hybridized carbons (Fsp3) is 0.111. The second-order valence-electron chi connectivity index (χ2n) is 9.58. The van der Waals surface area contributed by atoms with Gasteiger partial charge in [0, 0.05) is 23.8 Å². The van der Waals surface area contributed by atoms with Crippen LogP contribution in [0.3, 0.4) is 0 Å². The average molecular weight is 941 g/mol. The Labute approximate surface area is 492 Å². The normalized spacial score (nSPS) is 13.7. The monoisotopic (exact) mass is 940 g/mol. The predicted molar refractivity (Wildman–Crippen MR) is 167 cm³/mol. The first kappa shape index (κ1) is 57.3. The van der Waals surface area contributed by atoms with Gasteiger partial charge in [-0.1, -0.05) is 18.2 Å². The number of hydrogen-bond donors (Lipinski definition) is 1. The fourth-order valence-corrected chi connectivity index (χ4v) is 6.41. The summed E-state index contributed by atoms with van der Waals surface area (Å²) in [6, 6.07) is 6.09. The summed E-state index contributed by atoms with van der Waals surface area (Å²) in [6.07, 6.45) is 6.43. The first-order valence-corrected chi connectivity index (χ1v) is 17.7. The summed E-state index contributed by atoms with van der Waals surface area (Å²) in [5.74, 6) is -2.30. The first-order valence-electron chi connectivity index (χ1n) is 13.4. The Morgan fingerprint density at radius 2 is 1.40 bits per heavy atom. The van der Waals surface area contributed by atoms with Gasteiger partial charge in [0.25, 0.3) is 5.91 Å². The molecule has 0 spiro atoms. The number of carbonyl (C=O) groups is 2. The molecule has 3 aromatic rings. The van der Waals surface area contributed by atoms with Crippen LogP contribution in [0.5, 0.6) is 5.88 Å². The number of ether oxygens (including phenoxy) is 1. The third-order valence-corrected chi connectivity index (χ3v) is 9.29. The predicted octanol–water partition coefficient (Wildman–Crippen LogP) is -11.4. The average Bonchev–Trinajstić information content (AvgIpc) is 3.56. The van der Waals surface area contributed by atoms with E-state index in [0.29, 0.717) is 33.8 Å². The van der Waals surface area contributed by atoms with Crippen molar-refractivity contribution in [3.05, 3.63) is 77.5 Å². The molecule has 0 fully saturated rings. The molecule has 0 saturated carbocycles. The van der Waals surface area contributed by atoms with Gasteiger partial charge in [0.2, 0.25) is 5.88 Å². The molecular formula is C27H20K4N4O16S4. The van der Waals surface area contributed by atoms with Crippen LogP contribution in [0.4, 0.5) is 5.69 Å². The van der Waals surface area contributed by atoms with E-state index >= 15 is 0 Å². The number of allylic oxidation sites excluding steroid dienone is 4. The Morgan fingerprint density at radius 3 is 1.89 bits per heavy atom. The smallest absolute Gasteiger partial charge is 0.744 e. The van der Waals surface area contributed by atoms with Crippen LogP contribution in [0.25, 0.3) is 11.8 Å². The molecule has 0 unspecified atom stereocenters. The van der Waals surface area contributed by atoms with Gasteiger partial charge in [-0.15, -0.1) is 0 Å². The van der Waals surface area contributed by atoms with E-state index in [9.17, 15) is 51.2 Å². The van der Waals surface area contributed by atoms with Gasteiger partial charge in [0.15, 0.2) is 5.78 Å². The van der Waals surface area contributed by atoms with E-state index in [2.05, 4.69) is 28.9 Å². The van der Waals surface area contributed by atoms with Crippen molar-refractivity contribution in [2.24, 2.45) is 5.10 Å². The van der Waals surface area contributed by atoms with Gasteiger partial charge in [0.1, 0.15) is 25.9 Å². The number of hydrogen-bond acceptors (Lipinski definition) is 20. The SMILES string of the molecule is COCC1=NN(c2cc(SOO[O-])ccc2S(=O)(=O)[O-])C(=O)/C1=C/C=C/C=C/c1c(C(C)=O)nn(-c2cc(SOO[O-])ccc2S(=O)(=O)[O-])c1O.[K+].[K+].[K+].[K+]. The Hall–Kier alpha value is 2.27. The van der Waals surface area contributed by atoms with Crippen molar-refractivity contribution in [1.82, 2.24) is 9.78 Å². The zero-order valence-corrected chi connectivity index (χ0v) is 45.3. The number of anilines is 1. The number of benzene rings is 2. The van der Waals surface area contributed by atoms with Crippen molar-refractivity contribution in [3.63, 3.8) is 0 Å². The minimum atomic E-state index is -5.15. The van der Waals surface area contributed by atoms with Crippen LogP contribution in [-0.2, 0) is 48.5 Å². The van der Waals surface area contributed by atoms with Gasteiger partial charge in [-0.2, -0.15) is 28.6 Å². The molecule has 0 bridgehead atoms. The summed E-state index contributed by atoms with van der Waals surface area (Å²) in [6.45, 7) is 0.877. The molecule has 1 N–H and O–H groups in total. The summed E-state index contributed by atoms with van der Waals surface area (Å²) in [5.41, 5.74) is -1.55. The van der Waals surface area contributed by atoms with Gasteiger partial charge in [-0.05, 0) is 48.6 Å². The van der Waals surface area contributed by atoms with Gasteiger partial charge in [0.05, 0.1) is 68.7 Å². The fourth-order valence-electron chi connectivity index (χ4n) is 4.36. The molecular weight excluding hydrogens is 921 g/mol. The number of hydrazone groups is 1. The molecule has 20 nitrogen and oxygen atoms in total. The molecule has 0 radical (unpaired) electrons. The van der Waals surface area contributed by atoms with Crippen molar-refractivity contribution in [2.75, 3.05) is 18.7 Å². The molecule has 55 heavy (non-hydrogen) atoms. The summed E-state index contributed by atoms with van der Waals surface area (Å²) < 4.78 is 85.9. The van der Waals surface area contributed by atoms with E-state index in [1.807, 2.05) is 0 Å².